The van der Waals surface area contributed by atoms with Crippen LogP contribution < -0.4 is 5.32 Å². The molecule has 2 aromatic rings. The highest BCUT2D eigenvalue weighted by Crippen LogP contribution is 2.63. The van der Waals surface area contributed by atoms with E-state index in [1.165, 1.54) is 12.0 Å². The molecule has 0 bridgehead atoms. The van der Waals surface area contributed by atoms with Crippen molar-refractivity contribution < 1.29 is 4.42 Å². The molecule has 3 heteroatoms. The number of aromatic nitrogens is 1. The molecule has 0 spiro atoms. The third-order valence-corrected chi connectivity index (χ3v) is 5.04. The Labute approximate surface area is 133 Å². The van der Waals surface area contributed by atoms with Gasteiger partial charge in [-0.05, 0) is 17.4 Å². The minimum atomic E-state index is 0.249. The van der Waals surface area contributed by atoms with Gasteiger partial charge in [0.2, 0.25) is 0 Å². The highest BCUT2D eigenvalue weighted by atomic mass is 16.3. The summed E-state index contributed by atoms with van der Waals surface area (Å²) >= 11 is 0. The molecule has 3 nitrogen and oxygen atoms in total. The van der Waals surface area contributed by atoms with Crippen LogP contribution in [0.15, 0.2) is 41.0 Å². The molecule has 1 atom stereocenters. The van der Waals surface area contributed by atoms with Gasteiger partial charge in [-0.15, -0.1) is 0 Å². The predicted molar refractivity (Wildman–Crippen MR) is 88.8 cm³/mol. The van der Waals surface area contributed by atoms with Crippen LogP contribution >= 0.6 is 0 Å². The van der Waals surface area contributed by atoms with Crippen LogP contribution in [0.5, 0.6) is 0 Å². The highest BCUT2D eigenvalue weighted by Gasteiger charge is 2.61. The van der Waals surface area contributed by atoms with Gasteiger partial charge in [-0.3, -0.25) is 0 Å². The molecule has 1 N–H and O–H groups in total. The van der Waals surface area contributed by atoms with Gasteiger partial charge in [0.1, 0.15) is 6.26 Å². The Hall–Kier alpha value is -1.61. The summed E-state index contributed by atoms with van der Waals surface area (Å²) in [5, 5.41) is 3.59. The molecule has 0 radical (unpaired) electrons. The maximum Gasteiger partial charge on any atom is 0.196 e. The summed E-state index contributed by atoms with van der Waals surface area (Å²) in [5.74, 6) is 1.16. The van der Waals surface area contributed by atoms with E-state index in [1.54, 1.807) is 6.26 Å². The van der Waals surface area contributed by atoms with Gasteiger partial charge in [-0.25, -0.2) is 4.98 Å². The lowest BCUT2D eigenvalue weighted by Gasteiger charge is -2.21. The van der Waals surface area contributed by atoms with Gasteiger partial charge in [0, 0.05) is 24.4 Å². The highest BCUT2D eigenvalue weighted by molar-refractivity contribution is 5.37. The van der Waals surface area contributed by atoms with Crippen LogP contribution in [-0.2, 0) is 12.0 Å². The minimum absolute atomic E-state index is 0.249. The molecule has 1 fully saturated rings. The molecule has 1 aliphatic rings. The van der Waals surface area contributed by atoms with E-state index in [9.17, 15) is 0 Å². The van der Waals surface area contributed by atoms with E-state index >= 15 is 0 Å². The van der Waals surface area contributed by atoms with Crippen LogP contribution in [0.25, 0.3) is 0 Å². The first-order valence-corrected chi connectivity index (χ1v) is 8.15. The maximum atomic E-state index is 5.50. The van der Waals surface area contributed by atoms with Gasteiger partial charge in [-0.2, -0.15) is 0 Å². The standard InChI is InChI=1S/C19H26N2O/c1-14(2)17-21-16(11-22-17)10-20-13-19(12-18(19,3)4)15-8-6-5-7-9-15/h5-9,11,14,20H,10,12-13H2,1-4H3. The van der Waals surface area contributed by atoms with Gasteiger partial charge >= 0.3 is 0 Å². The molecule has 1 saturated carbocycles. The Kier molecular flexibility index (Phi) is 3.85. The predicted octanol–water partition coefficient (Wildman–Crippen LogP) is 4.26. The van der Waals surface area contributed by atoms with Crippen LogP contribution in [0.4, 0.5) is 0 Å². The van der Waals surface area contributed by atoms with Crippen molar-refractivity contribution >= 4 is 0 Å². The second-order valence-corrected chi connectivity index (χ2v) is 7.44. The zero-order chi connectivity index (χ0) is 15.8. The van der Waals surface area contributed by atoms with Crippen LogP contribution in [0.1, 0.15) is 57.2 Å². The molecule has 1 aromatic carbocycles. The first kappa shape index (κ1) is 15.3. The largest absolute Gasteiger partial charge is 0.448 e. The Morgan fingerprint density at radius 2 is 1.91 bits per heavy atom. The van der Waals surface area contributed by atoms with Gasteiger partial charge in [-0.1, -0.05) is 58.0 Å². The van der Waals surface area contributed by atoms with E-state index in [1.807, 2.05) is 0 Å². The van der Waals surface area contributed by atoms with Crippen molar-refractivity contribution in [2.24, 2.45) is 5.41 Å². The molecule has 22 heavy (non-hydrogen) atoms. The number of hydrogen-bond donors (Lipinski definition) is 1. The summed E-state index contributed by atoms with van der Waals surface area (Å²) in [6.07, 6.45) is 3.00. The molecule has 1 aromatic heterocycles. The fourth-order valence-electron chi connectivity index (χ4n) is 3.44. The lowest BCUT2D eigenvalue weighted by molar-refractivity contribution is 0.457. The summed E-state index contributed by atoms with van der Waals surface area (Å²) < 4.78 is 5.50. The molecule has 0 saturated heterocycles. The van der Waals surface area contributed by atoms with Crippen LogP contribution in [-0.4, -0.2) is 11.5 Å². The smallest absolute Gasteiger partial charge is 0.196 e. The number of nitrogens with one attached hydrogen (secondary N) is 1. The lowest BCUT2D eigenvalue weighted by Crippen LogP contribution is -2.30. The average Bonchev–Trinajstić information content (AvgIpc) is 2.86. The van der Waals surface area contributed by atoms with Crippen molar-refractivity contribution in [1.82, 2.24) is 10.3 Å². The van der Waals surface area contributed by atoms with Crippen molar-refractivity contribution in [2.45, 2.75) is 52.0 Å². The van der Waals surface area contributed by atoms with Crippen molar-refractivity contribution in [1.29, 1.82) is 0 Å². The number of nitrogens with zero attached hydrogens (tertiary/aromatic N) is 1. The molecule has 3 rings (SSSR count). The molecule has 0 aliphatic heterocycles. The number of benzene rings is 1. The van der Waals surface area contributed by atoms with Crippen LogP contribution in [0, 0.1) is 5.41 Å². The Balaban J connectivity index is 1.64. The summed E-state index contributed by atoms with van der Waals surface area (Å²) in [4.78, 5) is 4.53. The van der Waals surface area contributed by atoms with E-state index < -0.39 is 0 Å². The third kappa shape index (κ3) is 2.70. The van der Waals surface area contributed by atoms with Crippen molar-refractivity contribution in [3.63, 3.8) is 0 Å². The van der Waals surface area contributed by atoms with E-state index in [0.717, 1.165) is 24.7 Å². The third-order valence-electron chi connectivity index (χ3n) is 5.04. The molecule has 0 amide bonds. The SMILES string of the molecule is CC(C)c1nc(CNCC2(c3ccccc3)CC2(C)C)co1. The van der Waals surface area contributed by atoms with E-state index in [4.69, 9.17) is 4.42 Å². The van der Waals surface area contributed by atoms with Crippen LogP contribution in [0.3, 0.4) is 0 Å². The maximum absolute atomic E-state index is 5.50. The fraction of sp³-hybridized carbons (Fsp3) is 0.526. The van der Waals surface area contributed by atoms with Gasteiger partial charge in [0.25, 0.3) is 0 Å². The number of hydrogen-bond acceptors (Lipinski definition) is 3. The van der Waals surface area contributed by atoms with Crippen LogP contribution in [0.2, 0.25) is 0 Å². The summed E-state index contributed by atoms with van der Waals surface area (Å²) in [6.45, 7) is 10.7. The molecular weight excluding hydrogens is 272 g/mol. The molecule has 118 valence electrons. The Morgan fingerprint density at radius 1 is 1.23 bits per heavy atom. The monoisotopic (exact) mass is 298 g/mol. The lowest BCUT2D eigenvalue weighted by atomic mass is 9.88. The molecule has 1 heterocycles. The Morgan fingerprint density at radius 3 is 2.45 bits per heavy atom. The minimum Gasteiger partial charge on any atom is -0.448 e. The first-order valence-electron chi connectivity index (χ1n) is 8.15. The fourth-order valence-corrected chi connectivity index (χ4v) is 3.44. The van der Waals surface area contributed by atoms with E-state index in [-0.39, 0.29) is 5.41 Å². The summed E-state index contributed by atoms with van der Waals surface area (Å²) in [6, 6.07) is 10.9. The van der Waals surface area contributed by atoms with E-state index in [0.29, 0.717) is 11.3 Å². The number of rotatable bonds is 6. The van der Waals surface area contributed by atoms with Gasteiger partial charge in [0.15, 0.2) is 5.89 Å². The quantitative estimate of drug-likeness (QED) is 0.866. The van der Waals surface area contributed by atoms with Gasteiger partial charge < -0.3 is 9.73 Å². The normalized spacial score (nSPS) is 23.0. The zero-order valence-corrected chi connectivity index (χ0v) is 14.0. The molecular formula is C19H26N2O. The molecule has 1 aliphatic carbocycles. The zero-order valence-electron chi connectivity index (χ0n) is 14.0. The second kappa shape index (κ2) is 5.54. The van der Waals surface area contributed by atoms with Gasteiger partial charge in [0.05, 0.1) is 5.69 Å². The second-order valence-electron chi connectivity index (χ2n) is 7.44. The van der Waals surface area contributed by atoms with Crippen molar-refractivity contribution in [2.75, 3.05) is 6.54 Å². The average molecular weight is 298 g/mol. The molecule has 1 unspecified atom stereocenters. The number of oxazole rings is 1. The summed E-state index contributed by atoms with van der Waals surface area (Å²) in [5.41, 5.74) is 3.04. The van der Waals surface area contributed by atoms with E-state index in [2.05, 4.69) is 68.3 Å². The van der Waals surface area contributed by atoms with Crippen molar-refractivity contribution in [3.05, 3.63) is 53.7 Å². The Bertz CT molecular complexity index is 630. The summed E-state index contributed by atoms with van der Waals surface area (Å²) in [7, 11) is 0. The first-order chi connectivity index (χ1) is 10.4. The van der Waals surface area contributed by atoms with Crippen molar-refractivity contribution in [3.8, 4) is 0 Å². The topological polar surface area (TPSA) is 38.1 Å².